The Hall–Kier alpha value is -2.77. The third-order valence-electron chi connectivity index (χ3n) is 3.32. The molecule has 26 heavy (non-hydrogen) atoms. The van der Waals surface area contributed by atoms with E-state index in [0.717, 1.165) is 12.2 Å². The van der Waals surface area contributed by atoms with E-state index >= 15 is 0 Å². The summed E-state index contributed by atoms with van der Waals surface area (Å²) in [6.45, 7) is 5.89. The van der Waals surface area contributed by atoms with Gasteiger partial charge in [0.05, 0.1) is 0 Å². The van der Waals surface area contributed by atoms with Crippen molar-refractivity contribution in [2.45, 2.75) is 32.8 Å². The number of amidine groups is 1. The highest BCUT2D eigenvalue weighted by Crippen LogP contribution is 2.26. The van der Waals surface area contributed by atoms with E-state index in [-0.39, 0.29) is 11.3 Å². The van der Waals surface area contributed by atoms with Crippen molar-refractivity contribution in [3.05, 3.63) is 41.5 Å². The van der Waals surface area contributed by atoms with Crippen molar-refractivity contribution >= 4 is 28.7 Å². The van der Waals surface area contributed by atoms with Gasteiger partial charge in [-0.1, -0.05) is 42.1 Å². The van der Waals surface area contributed by atoms with Crippen molar-refractivity contribution in [1.29, 1.82) is 10.5 Å². The summed E-state index contributed by atoms with van der Waals surface area (Å²) in [4.78, 5) is 18.5. The van der Waals surface area contributed by atoms with Crippen LogP contribution in [0.3, 0.4) is 0 Å². The lowest BCUT2D eigenvalue weighted by atomic mass is 10.1. The molecule has 0 bridgehead atoms. The average Bonchev–Trinajstić information content (AvgIpc) is 2.61. The van der Waals surface area contributed by atoms with Gasteiger partial charge in [-0.15, -0.1) is 0 Å². The van der Waals surface area contributed by atoms with Crippen molar-refractivity contribution in [1.82, 2.24) is 4.90 Å². The molecule has 0 aliphatic carbocycles. The topological polar surface area (TPSA) is 89.5 Å². The van der Waals surface area contributed by atoms with Gasteiger partial charge in [0.15, 0.2) is 10.7 Å². The quantitative estimate of drug-likeness (QED) is 0.731. The van der Waals surface area contributed by atoms with Crippen LogP contribution in [-0.2, 0) is 4.74 Å². The maximum atomic E-state index is 12.5. The first-order valence-corrected chi connectivity index (χ1v) is 9.16. The van der Waals surface area contributed by atoms with E-state index < -0.39 is 11.7 Å². The number of carbonyl (C=O) groups is 1. The normalized spacial score (nSPS) is 15.7. The van der Waals surface area contributed by atoms with Crippen LogP contribution in [0.1, 0.15) is 32.8 Å². The summed E-state index contributed by atoms with van der Waals surface area (Å²) in [5, 5.41) is 19.0. The third kappa shape index (κ3) is 5.11. The van der Waals surface area contributed by atoms with Gasteiger partial charge in [-0.25, -0.2) is 9.79 Å². The minimum Gasteiger partial charge on any atom is -0.443 e. The lowest BCUT2D eigenvalue weighted by molar-refractivity contribution is 0.0373. The molecule has 1 heterocycles. The van der Waals surface area contributed by atoms with Gasteiger partial charge in [0.2, 0.25) is 0 Å². The lowest BCUT2D eigenvalue weighted by Gasteiger charge is -2.30. The summed E-state index contributed by atoms with van der Waals surface area (Å²) >= 11 is 1.41. The number of aliphatic imine (C=N–C) groups is 1. The second kappa shape index (κ2) is 8.55. The van der Waals surface area contributed by atoms with Crippen LogP contribution >= 0.6 is 11.8 Å². The van der Waals surface area contributed by atoms with E-state index in [0.29, 0.717) is 17.3 Å². The van der Waals surface area contributed by atoms with Gasteiger partial charge in [0.1, 0.15) is 23.4 Å². The number of carbonyl (C=O) groups excluding carboxylic acids is 1. The van der Waals surface area contributed by atoms with E-state index in [4.69, 9.17) is 4.74 Å². The third-order valence-corrected chi connectivity index (χ3v) is 4.38. The Morgan fingerprint density at radius 3 is 2.46 bits per heavy atom. The Balaban J connectivity index is 2.47. The van der Waals surface area contributed by atoms with Crippen LogP contribution in [0.25, 0.3) is 5.70 Å². The molecule has 0 radical (unpaired) electrons. The van der Waals surface area contributed by atoms with Crippen LogP contribution < -0.4 is 0 Å². The number of nitrogens with zero attached hydrogens (tertiary/aromatic N) is 4. The number of thioether (sulfide) groups is 1. The number of hydrogen-bond donors (Lipinski definition) is 0. The molecule has 0 aromatic heterocycles. The highest BCUT2D eigenvalue weighted by Gasteiger charge is 2.29. The number of rotatable bonds is 2. The fourth-order valence-electron chi connectivity index (χ4n) is 2.23. The molecule has 1 aliphatic rings. The molecular formula is C19H20N4O2S. The number of hydrogen-bond acceptors (Lipinski definition) is 6. The van der Waals surface area contributed by atoms with Gasteiger partial charge in [-0.05, 0) is 27.2 Å². The molecule has 2 rings (SSSR count). The Labute approximate surface area is 157 Å². The predicted octanol–water partition coefficient (Wildman–Crippen LogP) is 4.17. The van der Waals surface area contributed by atoms with Crippen LogP contribution in [0.4, 0.5) is 4.79 Å². The summed E-state index contributed by atoms with van der Waals surface area (Å²) in [5.41, 5.74) is 0.188. The maximum Gasteiger partial charge on any atom is 0.416 e. The largest absolute Gasteiger partial charge is 0.443 e. The molecule has 1 saturated heterocycles. The Morgan fingerprint density at radius 1 is 1.23 bits per heavy atom. The summed E-state index contributed by atoms with van der Waals surface area (Å²) in [6.07, 6.45) is 0.336. The first kappa shape index (κ1) is 19.6. The molecule has 134 valence electrons. The molecule has 7 heteroatoms. The summed E-state index contributed by atoms with van der Waals surface area (Å²) in [7, 11) is 0. The molecule has 0 N–H and O–H groups in total. The Kier molecular flexibility index (Phi) is 6.43. The monoisotopic (exact) mass is 368 g/mol. The van der Waals surface area contributed by atoms with Crippen molar-refractivity contribution in [2.75, 3.05) is 12.3 Å². The smallest absolute Gasteiger partial charge is 0.416 e. The minimum absolute atomic E-state index is 0.0981. The van der Waals surface area contributed by atoms with Crippen molar-refractivity contribution in [3.63, 3.8) is 0 Å². The van der Waals surface area contributed by atoms with Crippen LogP contribution in [0.2, 0.25) is 0 Å². The second-order valence-electron chi connectivity index (χ2n) is 6.54. The SMILES string of the molecule is CC(C)(C)OC(=O)N1CCCSC1=NC(=C(C#N)C#N)c1ccccc1. The first-order valence-electron chi connectivity index (χ1n) is 8.17. The molecule has 1 amide bonds. The standard InChI is InChI=1S/C19H20N4O2S/c1-19(2,3)25-18(24)23-10-7-11-26-17(23)22-16(15(12-20)13-21)14-8-5-4-6-9-14/h4-6,8-9H,7,10-11H2,1-3H3. The fraction of sp³-hybridized carbons (Fsp3) is 0.368. The molecule has 6 nitrogen and oxygen atoms in total. The van der Waals surface area contributed by atoms with Crippen molar-refractivity contribution in [3.8, 4) is 12.1 Å². The maximum absolute atomic E-state index is 12.5. The zero-order valence-corrected chi connectivity index (χ0v) is 15.8. The first-order chi connectivity index (χ1) is 12.4. The summed E-state index contributed by atoms with van der Waals surface area (Å²) < 4.78 is 5.45. The lowest BCUT2D eigenvalue weighted by Crippen LogP contribution is -2.42. The van der Waals surface area contributed by atoms with Gasteiger partial charge >= 0.3 is 6.09 Å². The van der Waals surface area contributed by atoms with Crippen LogP contribution in [0.5, 0.6) is 0 Å². The van der Waals surface area contributed by atoms with E-state index in [9.17, 15) is 15.3 Å². The van der Waals surface area contributed by atoms with Crippen LogP contribution in [0.15, 0.2) is 40.9 Å². The summed E-state index contributed by atoms with van der Waals surface area (Å²) in [5.74, 6) is 0.800. The van der Waals surface area contributed by atoms with E-state index in [1.54, 1.807) is 32.9 Å². The molecule has 1 fully saturated rings. The fourth-order valence-corrected chi connectivity index (χ4v) is 3.16. The average molecular weight is 368 g/mol. The zero-order chi connectivity index (χ0) is 19.2. The number of benzene rings is 1. The molecular weight excluding hydrogens is 348 g/mol. The van der Waals surface area contributed by atoms with E-state index in [1.165, 1.54) is 16.7 Å². The minimum atomic E-state index is -0.618. The predicted molar refractivity (Wildman–Crippen MR) is 102 cm³/mol. The van der Waals surface area contributed by atoms with Gasteiger partial charge in [0.25, 0.3) is 0 Å². The summed E-state index contributed by atoms with van der Waals surface area (Å²) in [6, 6.07) is 12.8. The number of amides is 1. The Morgan fingerprint density at radius 2 is 1.88 bits per heavy atom. The molecule has 0 saturated carbocycles. The van der Waals surface area contributed by atoms with Crippen LogP contribution in [-0.4, -0.2) is 34.1 Å². The van der Waals surface area contributed by atoms with Gasteiger partial charge in [0, 0.05) is 17.9 Å². The van der Waals surface area contributed by atoms with Crippen LogP contribution in [0, 0.1) is 22.7 Å². The van der Waals surface area contributed by atoms with Crippen molar-refractivity contribution < 1.29 is 9.53 Å². The number of allylic oxidation sites excluding steroid dienone is 1. The van der Waals surface area contributed by atoms with E-state index in [1.807, 2.05) is 30.3 Å². The van der Waals surface area contributed by atoms with Gasteiger partial charge < -0.3 is 4.74 Å². The molecule has 0 spiro atoms. The highest BCUT2D eigenvalue weighted by atomic mass is 32.2. The molecule has 1 aromatic carbocycles. The van der Waals surface area contributed by atoms with Gasteiger partial charge in [-0.2, -0.15) is 10.5 Å². The molecule has 1 aromatic rings. The Bertz CT molecular complexity index is 795. The number of nitriles is 2. The molecule has 0 unspecified atom stereocenters. The second-order valence-corrected chi connectivity index (χ2v) is 7.60. The highest BCUT2D eigenvalue weighted by molar-refractivity contribution is 8.13. The van der Waals surface area contributed by atoms with Crippen molar-refractivity contribution in [2.24, 2.45) is 4.99 Å². The zero-order valence-electron chi connectivity index (χ0n) is 15.0. The molecule has 0 atom stereocenters. The van der Waals surface area contributed by atoms with E-state index in [2.05, 4.69) is 4.99 Å². The van der Waals surface area contributed by atoms with Gasteiger partial charge in [-0.3, -0.25) is 4.90 Å². The molecule has 1 aliphatic heterocycles. The number of ether oxygens (including phenoxy) is 1.